The van der Waals surface area contributed by atoms with E-state index in [2.05, 4.69) is 31.0 Å². The maximum absolute atomic E-state index is 14.0. The average molecular weight is 278 g/mol. The summed E-state index contributed by atoms with van der Waals surface area (Å²) in [5.74, 6) is 0.270. The predicted molar refractivity (Wildman–Crippen MR) is 82.2 cm³/mol. The fourth-order valence-corrected chi connectivity index (χ4v) is 3.37. The van der Waals surface area contributed by atoms with Gasteiger partial charge >= 0.3 is 0 Å². The van der Waals surface area contributed by atoms with Crippen molar-refractivity contribution in [2.75, 3.05) is 26.7 Å². The molecule has 1 aliphatic heterocycles. The number of rotatable bonds is 5. The second-order valence-electron chi connectivity index (χ2n) is 6.91. The van der Waals surface area contributed by atoms with Crippen LogP contribution < -0.4 is 5.32 Å². The molecule has 0 bridgehead atoms. The van der Waals surface area contributed by atoms with Crippen molar-refractivity contribution in [2.24, 2.45) is 11.3 Å². The van der Waals surface area contributed by atoms with E-state index in [1.54, 1.807) is 12.1 Å². The summed E-state index contributed by atoms with van der Waals surface area (Å²) >= 11 is 0. The number of benzene rings is 1. The summed E-state index contributed by atoms with van der Waals surface area (Å²) in [6.45, 7) is 10.2. The number of likely N-dealkylation sites (tertiary alicyclic amines) is 1. The Morgan fingerprint density at radius 1 is 1.35 bits per heavy atom. The highest BCUT2D eigenvalue weighted by molar-refractivity contribution is 5.21. The molecule has 2 rings (SSSR count). The van der Waals surface area contributed by atoms with Crippen LogP contribution in [0.25, 0.3) is 0 Å². The molecule has 1 fully saturated rings. The maximum atomic E-state index is 14.0. The summed E-state index contributed by atoms with van der Waals surface area (Å²) in [5.41, 5.74) is 1.20. The van der Waals surface area contributed by atoms with E-state index in [0.717, 1.165) is 25.2 Å². The van der Waals surface area contributed by atoms with Gasteiger partial charge in [0.15, 0.2) is 0 Å². The largest absolute Gasteiger partial charge is 0.313 e. The lowest BCUT2D eigenvalue weighted by atomic mass is 9.92. The van der Waals surface area contributed by atoms with Crippen molar-refractivity contribution in [1.29, 1.82) is 0 Å². The van der Waals surface area contributed by atoms with Crippen molar-refractivity contribution in [3.8, 4) is 0 Å². The molecule has 0 amide bonds. The average Bonchev–Trinajstić information content (AvgIpc) is 2.72. The SMILES string of the molecule is CNC(c1ccccc1F)C(C)CN1CCC(C)(C)C1. The fraction of sp³-hybridized carbons (Fsp3) is 0.647. The summed E-state index contributed by atoms with van der Waals surface area (Å²) in [5, 5.41) is 3.29. The Kier molecular flexibility index (Phi) is 4.82. The Morgan fingerprint density at radius 2 is 2.05 bits per heavy atom. The van der Waals surface area contributed by atoms with Crippen molar-refractivity contribution in [3.05, 3.63) is 35.6 Å². The molecule has 1 N–H and O–H groups in total. The normalized spacial score (nSPS) is 21.9. The van der Waals surface area contributed by atoms with E-state index in [1.807, 2.05) is 19.2 Å². The highest BCUT2D eigenvalue weighted by Gasteiger charge is 2.31. The van der Waals surface area contributed by atoms with Crippen molar-refractivity contribution in [3.63, 3.8) is 0 Å². The molecule has 0 aliphatic carbocycles. The molecular formula is C17H27FN2. The zero-order valence-electron chi connectivity index (χ0n) is 13.1. The van der Waals surface area contributed by atoms with Gasteiger partial charge in [0.2, 0.25) is 0 Å². The summed E-state index contributed by atoms with van der Waals surface area (Å²) in [7, 11) is 1.92. The van der Waals surface area contributed by atoms with Crippen LogP contribution >= 0.6 is 0 Å². The lowest BCUT2D eigenvalue weighted by molar-refractivity contribution is 0.229. The topological polar surface area (TPSA) is 15.3 Å². The first kappa shape index (κ1) is 15.5. The van der Waals surface area contributed by atoms with Crippen LogP contribution in [0.15, 0.2) is 24.3 Å². The lowest BCUT2D eigenvalue weighted by Gasteiger charge is -2.29. The lowest BCUT2D eigenvalue weighted by Crippen LogP contribution is -2.34. The molecule has 1 aromatic rings. The summed E-state index contributed by atoms with van der Waals surface area (Å²) in [4.78, 5) is 2.51. The second kappa shape index (κ2) is 6.23. The van der Waals surface area contributed by atoms with Gasteiger partial charge < -0.3 is 10.2 Å². The molecule has 0 aromatic heterocycles. The molecule has 1 saturated heterocycles. The predicted octanol–water partition coefficient (Wildman–Crippen LogP) is 3.45. The minimum Gasteiger partial charge on any atom is -0.313 e. The molecule has 1 heterocycles. The van der Waals surface area contributed by atoms with Gasteiger partial charge in [0.25, 0.3) is 0 Å². The van der Waals surface area contributed by atoms with Crippen molar-refractivity contribution >= 4 is 0 Å². The summed E-state index contributed by atoms with van der Waals surface area (Å²) < 4.78 is 14.0. The number of nitrogens with zero attached hydrogens (tertiary/aromatic N) is 1. The fourth-order valence-electron chi connectivity index (χ4n) is 3.37. The summed E-state index contributed by atoms with van der Waals surface area (Å²) in [6, 6.07) is 7.17. The first-order chi connectivity index (χ1) is 9.43. The maximum Gasteiger partial charge on any atom is 0.127 e. The second-order valence-corrected chi connectivity index (χ2v) is 6.91. The van der Waals surface area contributed by atoms with Gasteiger partial charge in [-0.05, 0) is 37.4 Å². The Bertz CT molecular complexity index is 444. The van der Waals surface area contributed by atoms with Crippen LogP contribution in [0.2, 0.25) is 0 Å². The smallest absolute Gasteiger partial charge is 0.127 e. The van der Waals surface area contributed by atoms with Crippen molar-refractivity contribution in [1.82, 2.24) is 10.2 Å². The third kappa shape index (κ3) is 3.58. The molecule has 1 aromatic carbocycles. The Morgan fingerprint density at radius 3 is 2.60 bits per heavy atom. The number of halogens is 1. The minimum absolute atomic E-state index is 0.0694. The van der Waals surface area contributed by atoms with Gasteiger partial charge in [0.1, 0.15) is 5.82 Å². The van der Waals surface area contributed by atoms with E-state index < -0.39 is 0 Å². The third-order valence-electron chi connectivity index (χ3n) is 4.42. The van der Waals surface area contributed by atoms with Gasteiger partial charge in [0.05, 0.1) is 0 Å². The van der Waals surface area contributed by atoms with Crippen molar-refractivity contribution < 1.29 is 4.39 Å². The highest BCUT2D eigenvalue weighted by atomic mass is 19.1. The monoisotopic (exact) mass is 278 g/mol. The number of hydrogen-bond donors (Lipinski definition) is 1. The van der Waals surface area contributed by atoms with Crippen LogP contribution in [0.4, 0.5) is 4.39 Å². The van der Waals surface area contributed by atoms with Gasteiger partial charge in [-0.15, -0.1) is 0 Å². The van der Waals surface area contributed by atoms with Crippen molar-refractivity contribution in [2.45, 2.75) is 33.2 Å². The molecule has 112 valence electrons. The molecule has 1 aliphatic rings. The zero-order valence-corrected chi connectivity index (χ0v) is 13.1. The Labute approximate surface area is 122 Å². The van der Waals surface area contributed by atoms with E-state index in [4.69, 9.17) is 0 Å². The van der Waals surface area contributed by atoms with Crippen LogP contribution in [-0.2, 0) is 0 Å². The van der Waals surface area contributed by atoms with Crippen LogP contribution in [0, 0.1) is 17.2 Å². The molecule has 2 unspecified atom stereocenters. The molecule has 2 nitrogen and oxygen atoms in total. The first-order valence-electron chi connectivity index (χ1n) is 7.57. The van der Waals surface area contributed by atoms with Crippen LogP contribution in [0.1, 0.15) is 38.8 Å². The Hall–Kier alpha value is -0.930. The molecular weight excluding hydrogens is 251 g/mol. The number of nitrogens with one attached hydrogen (secondary N) is 1. The molecule has 20 heavy (non-hydrogen) atoms. The van der Waals surface area contributed by atoms with Crippen LogP contribution in [0.5, 0.6) is 0 Å². The first-order valence-corrected chi connectivity index (χ1v) is 7.57. The third-order valence-corrected chi connectivity index (χ3v) is 4.42. The van der Waals surface area contributed by atoms with Gasteiger partial charge in [-0.2, -0.15) is 0 Å². The van der Waals surface area contributed by atoms with Crippen LogP contribution in [0.3, 0.4) is 0 Å². The quantitative estimate of drug-likeness (QED) is 0.887. The Balaban J connectivity index is 2.03. The van der Waals surface area contributed by atoms with E-state index in [-0.39, 0.29) is 11.9 Å². The molecule has 3 heteroatoms. The minimum atomic E-state index is -0.111. The van der Waals surface area contributed by atoms with E-state index in [0.29, 0.717) is 11.3 Å². The van der Waals surface area contributed by atoms with Crippen LogP contribution in [-0.4, -0.2) is 31.6 Å². The van der Waals surface area contributed by atoms with Gasteiger partial charge in [0, 0.05) is 24.7 Å². The van der Waals surface area contributed by atoms with Gasteiger partial charge in [-0.3, -0.25) is 0 Å². The molecule has 0 radical (unpaired) electrons. The number of hydrogen-bond acceptors (Lipinski definition) is 2. The summed E-state index contributed by atoms with van der Waals surface area (Å²) in [6.07, 6.45) is 1.25. The molecule has 0 saturated carbocycles. The van der Waals surface area contributed by atoms with E-state index in [9.17, 15) is 4.39 Å². The van der Waals surface area contributed by atoms with E-state index in [1.165, 1.54) is 6.42 Å². The zero-order chi connectivity index (χ0) is 14.8. The molecule has 0 spiro atoms. The van der Waals surface area contributed by atoms with Gasteiger partial charge in [-0.25, -0.2) is 4.39 Å². The van der Waals surface area contributed by atoms with E-state index >= 15 is 0 Å². The van der Waals surface area contributed by atoms with Gasteiger partial charge in [-0.1, -0.05) is 39.0 Å². The standard InChI is InChI=1S/C17H27FN2/c1-13(11-20-10-9-17(2,3)12-20)16(19-4)14-7-5-6-8-15(14)18/h5-8,13,16,19H,9-12H2,1-4H3. The highest BCUT2D eigenvalue weighted by Crippen LogP contribution is 2.31. The molecule has 2 atom stereocenters.